The number of carbonyl (C=O) groups excluding carboxylic acids is 1. The third-order valence-electron chi connectivity index (χ3n) is 6.50. The van der Waals surface area contributed by atoms with Gasteiger partial charge in [-0.15, -0.1) is 0 Å². The number of benzene rings is 1. The summed E-state index contributed by atoms with van der Waals surface area (Å²) in [4.78, 5) is 16.7. The minimum absolute atomic E-state index is 0.00556. The first-order valence-electron chi connectivity index (χ1n) is 10.6. The highest BCUT2D eigenvalue weighted by Crippen LogP contribution is 2.42. The molecule has 30 heavy (non-hydrogen) atoms. The van der Waals surface area contributed by atoms with Gasteiger partial charge in [-0.05, 0) is 43.0 Å². The highest BCUT2D eigenvalue weighted by Gasteiger charge is 2.39. The molecule has 1 aromatic carbocycles. The molecule has 0 saturated heterocycles. The zero-order valence-electron chi connectivity index (χ0n) is 17.7. The molecule has 4 rings (SSSR count). The van der Waals surface area contributed by atoms with Crippen LogP contribution in [0.15, 0.2) is 30.5 Å². The fraction of sp³-hybridized carbons (Fsp3) is 0.522. The Kier molecular flexibility index (Phi) is 5.43. The van der Waals surface area contributed by atoms with Crippen LogP contribution in [-0.2, 0) is 18.3 Å². The molecule has 4 nitrogen and oxygen atoms in total. The van der Waals surface area contributed by atoms with Crippen LogP contribution in [0, 0.1) is 5.92 Å². The second-order valence-corrected chi connectivity index (χ2v) is 8.28. The number of nitrogens with zero attached hydrogens (tertiary/aromatic N) is 3. The van der Waals surface area contributed by atoms with Gasteiger partial charge in [0.15, 0.2) is 0 Å². The quantitative estimate of drug-likeness (QED) is 0.725. The number of fused-ring (bicyclic) bond motifs is 2. The summed E-state index contributed by atoms with van der Waals surface area (Å²) in [5.41, 5.74) is 4.32. The largest absolute Gasteiger partial charge is 0.390 e. The van der Waals surface area contributed by atoms with Crippen LogP contribution in [0.25, 0.3) is 16.5 Å². The minimum atomic E-state index is -4.22. The van der Waals surface area contributed by atoms with Gasteiger partial charge in [0, 0.05) is 56.4 Å². The van der Waals surface area contributed by atoms with Crippen molar-refractivity contribution in [2.45, 2.75) is 38.9 Å². The van der Waals surface area contributed by atoms with Crippen molar-refractivity contribution in [3.63, 3.8) is 0 Å². The number of hydrogen-bond donors (Lipinski definition) is 0. The van der Waals surface area contributed by atoms with Gasteiger partial charge in [0.25, 0.3) is 0 Å². The minimum Gasteiger partial charge on any atom is -0.350 e. The highest BCUT2D eigenvalue weighted by atomic mass is 19.4. The molecule has 1 aromatic heterocycles. The molecule has 2 aliphatic rings. The number of amides is 1. The van der Waals surface area contributed by atoms with E-state index < -0.39 is 18.5 Å². The predicted octanol–water partition coefficient (Wildman–Crippen LogP) is 4.24. The third-order valence-corrected chi connectivity index (χ3v) is 6.50. The Bertz CT molecular complexity index is 987. The zero-order chi connectivity index (χ0) is 21.6. The Morgan fingerprint density at radius 2 is 1.97 bits per heavy atom. The first-order valence-corrected chi connectivity index (χ1v) is 10.6. The van der Waals surface area contributed by atoms with Crippen molar-refractivity contribution in [3.8, 4) is 0 Å². The molecule has 2 atom stereocenters. The van der Waals surface area contributed by atoms with Crippen LogP contribution in [-0.4, -0.2) is 58.7 Å². The van der Waals surface area contributed by atoms with Gasteiger partial charge in [0.05, 0.1) is 12.3 Å². The van der Waals surface area contributed by atoms with Gasteiger partial charge in [-0.2, -0.15) is 13.2 Å². The smallest absolute Gasteiger partial charge is 0.350 e. The van der Waals surface area contributed by atoms with Crippen molar-refractivity contribution in [2.75, 3.05) is 26.2 Å². The first kappa shape index (κ1) is 21.0. The van der Waals surface area contributed by atoms with Crippen molar-refractivity contribution in [3.05, 3.63) is 41.6 Å². The molecule has 0 N–H and O–H groups in total. The Morgan fingerprint density at radius 1 is 1.23 bits per heavy atom. The molecule has 0 radical (unpaired) electrons. The maximum absolute atomic E-state index is 13.1. The van der Waals surface area contributed by atoms with Gasteiger partial charge in [-0.3, -0.25) is 9.69 Å². The molecule has 0 saturated carbocycles. The lowest BCUT2D eigenvalue weighted by molar-refractivity contribution is -0.140. The molecule has 0 fully saturated rings. The predicted molar refractivity (Wildman–Crippen MR) is 112 cm³/mol. The normalized spacial score (nSPS) is 21.5. The van der Waals surface area contributed by atoms with E-state index in [1.165, 1.54) is 0 Å². The van der Waals surface area contributed by atoms with E-state index in [4.69, 9.17) is 0 Å². The summed E-state index contributed by atoms with van der Waals surface area (Å²) in [6, 6.07) is 5.95. The van der Waals surface area contributed by atoms with Crippen LogP contribution in [0.1, 0.15) is 31.4 Å². The molecule has 7 heteroatoms. The van der Waals surface area contributed by atoms with E-state index in [2.05, 4.69) is 16.8 Å². The van der Waals surface area contributed by atoms with Crippen LogP contribution in [0.4, 0.5) is 13.2 Å². The van der Waals surface area contributed by atoms with Gasteiger partial charge >= 0.3 is 6.18 Å². The summed E-state index contributed by atoms with van der Waals surface area (Å²) in [7, 11) is 1.99. The number of hydrogen-bond acceptors (Lipinski definition) is 2. The van der Waals surface area contributed by atoms with Gasteiger partial charge in [-0.25, -0.2) is 0 Å². The van der Waals surface area contributed by atoms with Crippen molar-refractivity contribution in [1.29, 1.82) is 0 Å². The number of aryl methyl sites for hydroxylation is 1. The number of rotatable bonds is 5. The topological polar surface area (TPSA) is 28.5 Å². The summed E-state index contributed by atoms with van der Waals surface area (Å²) in [5.74, 6) is -0.432. The van der Waals surface area contributed by atoms with E-state index in [0.29, 0.717) is 26.1 Å². The summed E-state index contributed by atoms with van der Waals surface area (Å²) in [6.45, 7) is 5.29. The van der Waals surface area contributed by atoms with Crippen LogP contribution in [0.2, 0.25) is 0 Å². The molecule has 162 valence electrons. The number of aromatic nitrogens is 1. The second-order valence-electron chi connectivity index (χ2n) is 8.28. The monoisotopic (exact) mass is 419 g/mol. The lowest BCUT2D eigenvalue weighted by atomic mass is 9.79. The third kappa shape index (κ3) is 3.64. The van der Waals surface area contributed by atoms with Crippen LogP contribution in [0.3, 0.4) is 0 Å². The molecule has 1 aliphatic carbocycles. The van der Waals surface area contributed by atoms with Crippen LogP contribution in [0.5, 0.6) is 0 Å². The highest BCUT2D eigenvalue weighted by molar-refractivity contribution is 5.99. The van der Waals surface area contributed by atoms with Crippen LogP contribution >= 0.6 is 0 Å². The fourth-order valence-electron chi connectivity index (χ4n) is 5.05. The fourth-order valence-corrected chi connectivity index (χ4v) is 5.05. The Labute approximate surface area is 174 Å². The lowest BCUT2D eigenvalue weighted by Gasteiger charge is -2.42. The van der Waals surface area contributed by atoms with Crippen molar-refractivity contribution >= 4 is 22.4 Å². The molecule has 1 amide bonds. The average molecular weight is 419 g/mol. The van der Waals surface area contributed by atoms with E-state index in [0.717, 1.165) is 27.6 Å². The van der Waals surface area contributed by atoms with Crippen molar-refractivity contribution in [1.82, 2.24) is 14.4 Å². The molecule has 2 heterocycles. The molecule has 1 aliphatic heterocycles. The average Bonchev–Trinajstić information content (AvgIpc) is 3.03. The van der Waals surface area contributed by atoms with E-state index >= 15 is 0 Å². The lowest BCUT2D eigenvalue weighted by Crippen LogP contribution is -2.50. The van der Waals surface area contributed by atoms with Gasteiger partial charge < -0.3 is 9.47 Å². The number of carbonyl (C=O) groups is 1. The molecular weight excluding hydrogens is 391 g/mol. The van der Waals surface area contributed by atoms with E-state index in [1.54, 1.807) is 4.90 Å². The summed E-state index contributed by atoms with van der Waals surface area (Å²) < 4.78 is 41.2. The zero-order valence-corrected chi connectivity index (χ0v) is 17.7. The molecule has 2 unspecified atom stereocenters. The molecule has 0 bridgehead atoms. The second kappa shape index (κ2) is 7.76. The van der Waals surface area contributed by atoms with Gasteiger partial charge in [-0.1, -0.05) is 18.2 Å². The van der Waals surface area contributed by atoms with Crippen LogP contribution < -0.4 is 0 Å². The standard InChI is InChI=1S/C23H28F3N3O/c1-4-28(5-2)22(30)16-11-18-17-7-6-8-19-21(17)15(13-27(19)3)12-20(18)29(14-16)10-9-23(24,25)26/h6-8,11,13,16,20H,4-5,9-10,12,14H2,1-3H3. The van der Waals surface area contributed by atoms with E-state index in [-0.39, 0.29) is 18.5 Å². The molecule has 2 aromatic rings. The van der Waals surface area contributed by atoms with E-state index in [9.17, 15) is 18.0 Å². The molecular formula is C23H28F3N3O. The van der Waals surface area contributed by atoms with Gasteiger partial charge in [0.2, 0.25) is 5.91 Å². The number of halogens is 3. The number of alkyl halides is 3. The summed E-state index contributed by atoms with van der Waals surface area (Å²) in [5, 5.41) is 1.16. The Hall–Kier alpha value is -2.28. The maximum atomic E-state index is 13.1. The van der Waals surface area contributed by atoms with Crippen molar-refractivity contribution < 1.29 is 18.0 Å². The summed E-state index contributed by atoms with van der Waals surface area (Å²) in [6.07, 6.45) is -0.300. The summed E-state index contributed by atoms with van der Waals surface area (Å²) >= 11 is 0. The maximum Gasteiger partial charge on any atom is 0.390 e. The molecule has 0 spiro atoms. The Morgan fingerprint density at radius 3 is 2.63 bits per heavy atom. The SMILES string of the molecule is CCN(CC)C(=O)C1C=C2c3cccc4c3c(cn4C)CC2N(CCC(F)(F)F)C1. The van der Waals surface area contributed by atoms with Gasteiger partial charge in [0.1, 0.15) is 0 Å². The van der Waals surface area contributed by atoms with E-state index in [1.807, 2.05) is 44.0 Å². The first-order chi connectivity index (χ1) is 14.2. The van der Waals surface area contributed by atoms with Crippen molar-refractivity contribution in [2.24, 2.45) is 13.0 Å². The Balaban J connectivity index is 1.78.